The lowest BCUT2D eigenvalue weighted by atomic mass is 9.75. The molecule has 1 amide bonds. The summed E-state index contributed by atoms with van der Waals surface area (Å²) in [5.41, 5.74) is 3.89. The topological polar surface area (TPSA) is 41.6 Å². The second-order valence-electron chi connectivity index (χ2n) is 7.81. The Hall–Kier alpha value is -2.75. The number of ether oxygens (including phenoxy) is 1. The molecule has 2 aromatic carbocycles. The number of nitrogens with zero attached hydrogens (tertiary/aromatic N) is 1. The zero-order chi connectivity index (χ0) is 19.2. The van der Waals surface area contributed by atoms with E-state index in [4.69, 9.17) is 4.74 Å². The van der Waals surface area contributed by atoms with Crippen molar-refractivity contribution in [3.05, 3.63) is 65.2 Å². The van der Waals surface area contributed by atoms with Crippen LogP contribution in [0.15, 0.2) is 48.5 Å². The van der Waals surface area contributed by atoms with Crippen LogP contribution >= 0.6 is 0 Å². The SMILES string of the molecule is CCc1ccc2c(c1)C(C)(C)C1(/C=C/c3ccccc3OC)NC(=O)CN21. The average molecular weight is 362 g/mol. The van der Waals surface area contributed by atoms with E-state index >= 15 is 0 Å². The molecule has 1 fully saturated rings. The van der Waals surface area contributed by atoms with Crippen molar-refractivity contribution in [2.24, 2.45) is 0 Å². The number of rotatable bonds is 4. The van der Waals surface area contributed by atoms with Crippen LogP contribution in [0.3, 0.4) is 0 Å². The molecule has 140 valence electrons. The van der Waals surface area contributed by atoms with E-state index in [2.05, 4.69) is 61.3 Å². The number of hydrogen-bond acceptors (Lipinski definition) is 3. The molecule has 2 heterocycles. The fraction of sp³-hybridized carbons (Fsp3) is 0.348. The Morgan fingerprint density at radius 1 is 1.22 bits per heavy atom. The average Bonchev–Trinajstić information content (AvgIpc) is 3.10. The molecule has 1 N–H and O–H groups in total. The van der Waals surface area contributed by atoms with Crippen LogP contribution in [0.4, 0.5) is 5.69 Å². The summed E-state index contributed by atoms with van der Waals surface area (Å²) < 4.78 is 5.48. The van der Waals surface area contributed by atoms with Gasteiger partial charge in [0.2, 0.25) is 5.91 Å². The maximum absolute atomic E-state index is 12.4. The third-order valence-corrected chi connectivity index (χ3v) is 6.09. The Morgan fingerprint density at radius 2 is 2.00 bits per heavy atom. The van der Waals surface area contributed by atoms with Crippen LogP contribution in [0.1, 0.15) is 37.5 Å². The number of para-hydroxylation sites is 1. The molecule has 0 saturated carbocycles. The summed E-state index contributed by atoms with van der Waals surface area (Å²) in [5.74, 6) is 0.876. The third-order valence-electron chi connectivity index (χ3n) is 6.09. The van der Waals surface area contributed by atoms with Gasteiger partial charge in [-0.2, -0.15) is 0 Å². The number of benzene rings is 2. The molecular weight excluding hydrogens is 336 g/mol. The van der Waals surface area contributed by atoms with Gasteiger partial charge in [0, 0.05) is 16.7 Å². The lowest BCUT2D eigenvalue weighted by Gasteiger charge is -2.40. The molecule has 4 rings (SSSR count). The molecule has 0 aliphatic carbocycles. The normalized spacial score (nSPS) is 22.7. The van der Waals surface area contributed by atoms with Gasteiger partial charge < -0.3 is 15.0 Å². The van der Waals surface area contributed by atoms with Crippen LogP contribution in [0, 0.1) is 0 Å². The molecule has 1 unspecified atom stereocenters. The zero-order valence-electron chi connectivity index (χ0n) is 16.4. The highest BCUT2D eigenvalue weighted by atomic mass is 16.5. The van der Waals surface area contributed by atoms with Gasteiger partial charge >= 0.3 is 0 Å². The van der Waals surface area contributed by atoms with Gasteiger partial charge in [0.15, 0.2) is 0 Å². The Kier molecular flexibility index (Phi) is 4.02. The molecule has 2 aliphatic rings. The summed E-state index contributed by atoms with van der Waals surface area (Å²) in [4.78, 5) is 14.6. The van der Waals surface area contributed by atoms with Crippen molar-refractivity contribution in [2.75, 3.05) is 18.6 Å². The number of methoxy groups -OCH3 is 1. The molecule has 0 radical (unpaired) electrons. The number of carbonyl (C=O) groups is 1. The Labute approximate surface area is 160 Å². The van der Waals surface area contributed by atoms with E-state index in [1.807, 2.05) is 24.3 Å². The van der Waals surface area contributed by atoms with Crippen LogP contribution in [-0.4, -0.2) is 25.2 Å². The van der Waals surface area contributed by atoms with Gasteiger partial charge in [0.25, 0.3) is 0 Å². The van der Waals surface area contributed by atoms with E-state index in [1.165, 1.54) is 11.1 Å². The number of carbonyl (C=O) groups excluding carboxylic acids is 1. The monoisotopic (exact) mass is 362 g/mol. The minimum atomic E-state index is -0.584. The molecule has 0 aromatic heterocycles. The predicted octanol–water partition coefficient (Wildman–Crippen LogP) is 3.89. The lowest BCUT2D eigenvalue weighted by Crippen LogP contribution is -2.58. The molecule has 2 aromatic rings. The highest BCUT2D eigenvalue weighted by Crippen LogP contribution is 2.53. The molecule has 4 nitrogen and oxygen atoms in total. The Morgan fingerprint density at radius 3 is 2.74 bits per heavy atom. The third kappa shape index (κ3) is 2.47. The molecule has 27 heavy (non-hydrogen) atoms. The second kappa shape index (κ2) is 6.15. The van der Waals surface area contributed by atoms with Crippen molar-refractivity contribution in [1.29, 1.82) is 0 Å². The quantitative estimate of drug-likeness (QED) is 0.897. The molecule has 2 aliphatic heterocycles. The van der Waals surface area contributed by atoms with Gasteiger partial charge in [-0.3, -0.25) is 4.79 Å². The van der Waals surface area contributed by atoms with E-state index in [-0.39, 0.29) is 11.3 Å². The molecule has 1 saturated heterocycles. The molecule has 1 atom stereocenters. The van der Waals surface area contributed by atoms with Crippen LogP contribution in [0.2, 0.25) is 0 Å². The first-order valence-corrected chi connectivity index (χ1v) is 9.47. The van der Waals surface area contributed by atoms with Crippen LogP contribution in [0.5, 0.6) is 5.75 Å². The maximum Gasteiger partial charge on any atom is 0.241 e. The first kappa shape index (κ1) is 17.7. The van der Waals surface area contributed by atoms with Gasteiger partial charge in [0.05, 0.1) is 13.7 Å². The lowest BCUT2D eigenvalue weighted by molar-refractivity contribution is -0.118. The smallest absolute Gasteiger partial charge is 0.241 e. The summed E-state index contributed by atoms with van der Waals surface area (Å²) in [6.07, 6.45) is 5.19. The minimum Gasteiger partial charge on any atom is -0.496 e. The minimum absolute atomic E-state index is 0.0537. The van der Waals surface area contributed by atoms with Crippen molar-refractivity contribution < 1.29 is 9.53 Å². The van der Waals surface area contributed by atoms with Gasteiger partial charge in [-0.05, 0) is 35.8 Å². The van der Waals surface area contributed by atoms with Crippen molar-refractivity contribution in [3.8, 4) is 5.75 Å². The number of amides is 1. The first-order chi connectivity index (χ1) is 12.9. The highest BCUT2D eigenvalue weighted by molar-refractivity contribution is 5.91. The first-order valence-electron chi connectivity index (χ1n) is 9.47. The van der Waals surface area contributed by atoms with Crippen LogP contribution in [0.25, 0.3) is 6.08 Å². The highest BCUT2D eigenvalue weighted by Gasteiger charge is 2.59. The number of anilines is 1. The largest absolute Gasteiger partial charge is 0.496 e. The predicted molar refractivity (Wildman–Crippen MR) is 109 cm³/mol. The molecule has 0 spiro atoms. The maximum atomic E-state index is 12.4. The Bertz CT molecular complexity index is 932. The van der Waals surface area contributed by atoms with Crippen LogP contribution in [-0.2, 0) is 16.6 Å². The summed E-state index contributed by atoms with van der Waals surface area (Å²) in [6, 6.07) is 14.5. The number of aryl methyl sites for hydroxylation is 1. The zero-order valence-corrected chi connectivity index (χ0v) is 16.4. The fourth-order valence-corrected chi connectivity index (χ4v) is 4.46. The van der Waals surface area contributed by atoms with Crippen molar-refractivity contribution >= 4 is 17.7 Å². The van der Waals surface area contributed by atoms with E-state index in [0.29, 0.717) is 6.54 Å². The standard InChI is InChI=1S/C23H26N2O2/c1-5-16-10-11-19-18(14-16)22(2,3)23(24-21(26)15-25(19)23)13-12-17-8-6-7-9-20(17)27-4/h6-14H,5,15H2,1-4H3,(H,24,26)/b13-12+. The number of hydrogen-bond donors (Lipinski definition) is 1. The summed E-state index contributed by atoms with van der Waals surface area (Å²) >= 11 is 0. The van der Waals surface area contributed by atoms with E-state index in [9.17, 15) is 4.79 Å². The van der Waals surface area contributed by atoms with Gasteiger partial charge in [-0.15, -0.1) is 0 Å². The number of nitrogens with one attached hydrogen (secondary N) is 1. The molecule has 4 heteroatoms. The number of fused-ring (bicyclic) bond motifs is 3. The fourth-order valence-electron chi connectivity index (χ4n) is 4.46. The molecular formula is C23H26N2O2. The van der Waals surface area contributed by atoms with Gasteiger partial charge in [0.1, 0.15) is 11.4 Å². The van der Waals surface area contributed by atoms with Crippen molar-refractivity contribution in [1.82, 2.24) is 5.32 Å². The van der Waals surface area contributed by atoms with Crippen molar-refractivity contribution in [2.45, 2.75) is 38.3 Å². The summed E-state index contributed by atoms with van der Waals surface area (Å²) in [5, 5.41) is 3.27. The Balaban J connectivity index is 1.84. The van der Waals surface area contributed by atoms with Gasteiger partial charge in [-0.25, -0.2) is 0 Å². The van der Waals surface area contributed by atoms with E-state index < -0.39 is 5.66 Å². The second-order valence-corrected chi connectivity index (χ2v) is 7.81. The summed E-state index contributed by atoms with van der Waals surface area (Å²) in [7, 11) is 1.68. The van der Waals surface area contributed by atoms with E-state index in [0.717, 1.165) is 23.4 Å². The molecule has 0 bridgehead atoms. The van der Waals surface area contributed by atoms with Gasteiger partial charge in [-0.1, -0.05) is 57.2 Å². The van der Waals surface area contributed by atoms with Crippen molar-refractivity contribution in [3.63, 3.8) is 0 Å². The summed E-state index contributed by atoms with van der Waals surface area (Å²) in [6.45, 7) is 6.97. The van der Waals surface area contributed by atoms with E-state index in [1.54, 1.807) is 7.11 Å². The van der Waals surface area contributed by atoms with Crippen LogP contribution < -0.4 is 15.0 Å².